The smallest absolute Gasteiger partial charge is 0.425 e. The van der Waals surface area contributed by atoms with Crippen LogP contribution in [0.1, 0.15) is 6.92 Å². The summed E-state index contributed by atoms with van der Waals surface area (Å²) in [5.41, 5.74) is 1.74. The molecule has 0 aromatic heterocycles. The molecule has 2 N–H and O–H groups in total. The Morgan fingerprint density at radius 3 is 3.11 bits per heavy atom. The highest BCUT2D eigenvalue weighted by atomic mass is 16.5. The molecule has 0 unspecified atom stereocenters. The zero-order valence-electron chi connectivity index (χ0n) is 5.00. The van der Waals surface area contributed by atoms with Gasteiger partial charge in [0.2, 0.25) is 0 Å². The third-order valence-electron chi connectivity index (χ3n) is 0.454. The number of hydrazone groups is 1. The number of hydrogen-bond donors (Lipinski definition) is 2. The Labute approximate surface area is 52.3 Å². The highest BCUT2D eigenvalue weighted by Gasteiger charge is 1.84. The highest BCUT2D eigenvalue weighted by molar-refractivity contribution is 5.65. The van der Waals surface area contributed by atoms with Crippen molar-refractivity contribution >= 4 is 12.5 Å². The maximum absolute atomic E-state index is 9.68. The Morgan fingerprint density at radius 1 is 2.00 bits per heavy atom. The fourth-order valence-electron chi connectivity index (χ4n) is 0.193. The lowest BCUT2D eigenvalue weighted by molar-refractivity contribution is 0.194. The number of nitrogens with one attached hydrogen (secondary N) is 1. The molecular formula is C4H8N2O3. The van der Waals surface area contributed by atoms with Gasteiger partial charge in [-0.15, -0.1) is 5.10 Å². The summed E-state index contributed by atoms with van der Waals surface area (Å²) in [6.07, 6.45) is -0.167. The molecule has 0 saturated heterocycles. The second kappa shape index (κ2) is 4.89. The Morgan fingerprint density at radius 2 is 2.67 bits per heavy atom. The quantitative estimate of drug-likeness (QED) is 0.328. The molecule has 0 rings (SSSR count). The van der Waals surface area contributed by atoms with Crippen molar-refractivity contribution in [3.8, 4) is 0 Å². The van der Waals surface area contributed by atoms with E-state index in [-0.39, 0.29) is 0 Å². The minimum Gasteiger partial charge on any atom is -0.482 e. The lowest BCUT2D eigenvalue weighted by Gasteiger charge is -1.90. The van der Waals surface area contributed by atoms with Gasteiger partial charge in [0.1, 0.15) is 0 Å². The maximum Gasteiger partial charge on any atom is 0.425 e. The van der Waals surface area contributed by atoms with Crippen LogP contribution >= 0.6 is 0 Å². The van der Waals surface area contributed by atoms with Gasteiger partial charge in [-0.2, -0.15) is 0 Å². The predicted octanol–water partition coefficient (Wildman–Crippen LogP) is 0.234. The standard InChI is InChI=1S/C4H8N2O3/c1-2-9-3-5-6-4(7)8/h3,6H,2H2,1H3,(H,7,8)/b5-3+. The molecule has 5 heteroatoms. The summed E-state index contributed by atoms with van der Waals surface area (Å²) < 4.78 is 4.57. The molecule has 0 aliphatic carbocycles. The fraction of sp³-hybridized carbons (Fsp3) is 0.500. The van der Waals surface area contributed by atoms with Crippen molar-refractivity contribution in [2.24, 2.45) is 5.10 Å². The maximum atomic E-state index is 9.68. The average molecular weight is 132 g/mol. The van der Waals surface area contributed by atoms with Gasteiger partial charge >= 0.3 is 6.09 Å². The Hall–Kier alpha value is -1.26. The number of carboxylic acid groups (broad SMARTS) is 1. The number of ether oxygens (including phenoxy) is 1. The van der Waals surface area contributed by atoms with Crippen LogP contribution in [0.15, 0.2) is 5.10 Å². The minimum atomic E-state index is -1.20. The molecule has 0 bridgehead atoms. The van der Waals surface area contributed by atoms with Crippen LogP contribution < -0.4 is 5.43 Å². The van der Waals surface area contributed by atoms with E-state index in [1.807, 2.05) is 0 Å². The molecule has 0 aromatic carbocycles. The summed E-state index contributed by atoms with van der Waals surface area (Å²) in [7, 11) is 0. The highest BCUT2D eigenvalue weighted by Crippen LogP contribution is 1.64. The van der Waals surface area contributed by atoms with Gasteiger partial charge in [-0.1, -0.05) is 0 Å². The van der Waals surface area contributed by atoms with E-state index in [2.05, 4.69) is 9.84 Å². The summed E-state index contributed by atoms with van der Waals surface area (Å²) in [5.74, 6) is 0. The van der Waals surface area contributed by atoms with Crippen LogP contribution in [0.25, 0.3) is 0 Å². The molecule has 0 aromatic rings. The first-order valence-corrected chi connectivity index (χ1v) is 2.39. The van der Waals surface area contributed by atoms with E-state index in [9.17, 15) is 4.79 Å². The number of rotatable bonds is 3. The summed E-state index contributed by atoms with van der Waals surface area (Å²) in [5, 5.41) is 11.1. The number of carbonyl (C=O) groups is 1. The molecule has 5 nitrogen and oxygen atoms in total. The van der Waals surface area contributed by atoms with Gasteiger partial charge in [-0.05, 0) is 6.92 Å². The molecule has 9 heavy (non-hydrogen) atoms. The van der Waals surface area contributed by atoms with Crippen molar-refractivity contribution in [2.75, 3.05) is 6.61 Å². The van der Waals surface area contributed by atoms with Crippen LogP contribution in [0.3, 0.4) is 0 Å². The van der Waals surface area contributed by atoms with Crippen LogP contribution in [0, 0.1) is 0 Å². The van der Waals surface area contributed by atoms with Crippen LogP contribution in [0.5, 0.6) is 0 Å². The van der Waals surface area contributed by atoms with Crippen molar-refractivity contribution < 1.29 is 14.6 Å². The molecule has 0 heterocycles. The van der Waals surface area contributed by atoms with Crippen LogP contribution in [0.2, 0.25) is 0 Å². The second-order valence-electron chi connectivity index (χ2n) is 1.11. The van der Waals surface area contributed by atoms with Crippen molar-refractivity contribution in [1.29, 1.82) is 0 Å². The normalized spacial score (nSPS) is 9.44. The van der Waals surface area contributed by atoms with E-state index in [1.54, 1.807) is 12.3 Å². The lowest BCUT2D eigenvalue weighted by Crippen LogP contribution is -2.13. The number of nitrogens with zero attached hydrogens (tertiary/aromatic N) is 1. The summed E-state index contributed by atoms with van der Waals surface area (Å²) >= 11 is 0. The van der Waals surface area contributed by atoms with E-state index in [1.165, 1.54) is 0 Å². The molecule has 0 aliphatic rings. The molecule has 0 atom stereocenters. The van der Waals surface area contributed by atoms with E-state index < -0.39 is 6.09 Å². The third-order valence-corrected chi connectivity index (χ3v) is 0.454. The van der Waals surface area contributed by atoms with Crippen LogP contribution in [0.4, 0.5) is 4.79 Å². The molecule has 0 spiro atoms. The zero-order chi connectivity index (χ0) is 7.11. The lowest BCUT2D eigenvalue weighted by atomic mass is 10.9. The molecule has 52 valence electrons. The fourth-order valence-corrected chi connectivity index (χ4v) is 0.193. The second-order valence-corrected chi connectivity index (χ2v) is 1.11. The topological polar surface area (TPSA) is 70.9 Å². The van der Waals surface area contributed by atoms with Gasteiger partial charge in [0.15, 0.2) is 6.40 Å². The van der Waals surface area contributed by atoms with E-state index in [0.717, 1.165) is 6.40 Å². The van der Waals surface area contributed by atoms with Crippen molar-refractivity contribution in [1.82, 2.24) is 5.43 Å². The Balaban J connectivity index is 3.14. The molecule has 1 amide bonds. The summed E-state index contributed by atoms with van der Waals surface area (Å²) in [6.45, 7) is 2.25. The van der Waals surface area contributed by atoms with Gasteiger partial charge in [0.25, 0.3) is 0 Å². The van der Waals surface area contributed by atoms with E-state index in [4.69, 9.17) is 5.11 Å². The average Bonchev–Trinajstić information content (AvgIpc) is 1.80. The van der Waals surface area contributed by atoms with Crippen molar-refractivity contribution in [3.63, 3.8) is 0 Å². The van der Waals surface area contributed by atoms with Crippen LogP contribution in [-0.4, -0.2) is 24.2 Å². The summed E-state index contributed by atoms with van der Waals surface area (Å²) in [6, 6.07) is 0. The van der Waals surface area contributed by atoms with Crippen LogP contribution in [-0.2, 0) is 4.74 Å². The van der Waals surface area contributed by atoms with Gasteiger partial charge in [0, 0.05) is 0 Å². The molecule has 0 saturated carbocycles. The molecule has 0 radical (unpaired) electrons. The first kappa shape index (κ1) is 7.74. The summed E-state index contributed by atoms with van der Waals surface area (Å²) in [4.78, 5) is 9.68. The Bertz CT molecular complexity index is 112. The van der Waals surface area contributed by atoms with Crippen molar-refractivity contribution in [2.45, 2.75) is 6.92 Å². The van der Waals surface area contributed by atoms with Crippen molar-refractivity contribution in [3.05, 3.63) is 0 Å². The monoisotopic (exact) mass is 132 g/mol. The Kier molecular flexibility index (Phi) is 4.20. The predicted molar refractivity (Wildman–Crippen MR) is 31.3 cm³/mol. The number of hydrogen-bond acceptors (Lipinski definition) is 3. The van der Waals surface area contributed by atoms with E-state index >= 15 is 0 Å². The minimum absolute atomic E-state index is 0.477. The largest absolute Gasteiger partial charge is 0.482 e. The molecular weight excluding hydrogens is 124 g/mol. The first-order chi connectivity index (χ1) is 4.27. The van der Waals surface area contributed by atoms with Gasteiger partial charge in [-0.3, -0.25) is 0 Å². The molecule has 0 aliphatic heterocycles. The van der Waals surface area contributed by atoms with Gasteiger partial charge in [-0.25, -0.2) is 10.2 Å². The van der Waals surface area contributed by atoms with E-state index in [0.29, 0.717) is 6.61 Å². The van der Waals surface area contributed by atoms with Gasteiger partial charge in [0.05, 0.1) is 6.61 Å². The molecule has 0 fully saturated rings. The zero-order valence-corrected chi connectivity index (χ0v) is 5.00. The third kappa shape index (κ3) is 6.74. The van der Waals surface area contributed by atoms with Gasteiger partial charge < -0.3 is 9.84 Å². The first-order valence-electron chi connectivity index (χ1n) is 2.39. The number of amides is 1. The SMILES string of the molecule is CCO/C=N/NC(=O)O.